The summed E-state index contributed by atoms with van der Waals surface area (Å²) in [7, 11) is 0. The van der Waals surface area contributed by atoms with Crippen molar-refractivity contribution in [2.24, 2.45) is 5.73 Å². The quantitative estimate of drug-likeness (QED) is 0.772. The van der Waals surface area contributed by atoms with Crippen molar-refractivity contribution in [2.75, 3.05) is 6.61 Å². The van der Waals surface area contributed by atoms with Gasteiger partial charge in [-0.3, -0.25) is 0 Å². The summed E-state index contributed by atoms with van der Waals surface area (Å²) in [5.74, 6) is 0. The van der Waals surface area contributed by atoms with Crippen LogP contribution in [0.1, 0.15) is 31.2 Å². The summed E-state index contributed by atoms with van der Waals surface area (Å²) in [6.07, 6.45) is 6.01. The van der Waals surface area contributed by atoms with Gasteiger partial charge in [0.15, 0.2) is 0 Å². The molecule has 2 N–H and O–H groups in total. The first-order valence-electron chi connectivity index (χ1n) is 6.27. The molecular weight excluding hydrogens is 198 g/mol. The summed E-state index contributed by atoms with van der Waals surface area (Å²) in [5, 5.41) is 0. The van der Waals surface area contributed by atoms with Gasteiger partial charge in [0, 0.05) is 12.6 Å². The van der Waals surface area contributed by atoms with Crippen molar-refractivity contribution in [2.45, 2.75) is 44.2 Å². The first kappa shape index (κ1) is 11.6. The molecule has 2 nitrogen and oxygen atoms in total. The van der Waals surface area contributed by atoms with E-state index in [2.05, 4.69) is 30.3 Å². The number of hydrogen-bond donors (Lipinski definition) is 1. The predicted molar refractivity (Wildman–Crippen MR) is 66.3 cm³/mol. The molecular formula is C14H21NO. The standard InChI is InChI=1S/C14H21NO/c15-13-9-4-10-14(13)16-11-5-8-12-6-2-1-3-7-12/h1-3,6-7,13-14H,4-5,8-11,15H2/t13-,14-/m1/s1. The molecule has 0 saturated heterocycles. The van der Waals surface area contributed by atoms with Crippen LogP contribution in [-0.4, -0.2) is 18.8 Å². The van der Waals surface area contributed by atoms with Crippen molar-refractivity contribution in [3.05, 3.63) is 35.9 Å². The molecule has 0 aliphatic heterocycles. The zero-order chi connectivity index (χ0) is 11.2. The second kappa shape index (κ2) is 6.02. The molecule has 0 radical (unpaired) electrons. The number of nitrogens with two attached hydrogens (primary N) is 1. The Balaban J connectivity index is 1.62. The number of hydrogen-bond acceptors (Lipinski definition) is 2. The van der Waals surface area contributed by atoms with Crippen LogP contribution >= 0.6 is 0 Å². The molecule has 0 aromatic heterocycles. The van der Waals surface area contributed by atoms with Gasteiger partial charge in [0.2, 0.25) is 0 Å². The Morgan fingerprint density at radius 2 is 2.00 bits per heavy atom. The van der Waals surface area contributed by atoms with Gasteiger partial charge in [-0.15, -0.1) is 0 Å². The van der Waals surface area contributed by atoms with E-state index in [1.807, 2.05) is 0 Å². The summed E-state index contributed by atoms with van der Waals surface area (Å²) in [5.41, 5.74) is 7.34. The minimum atomic E-state index is 0.275. The van der Waals surface area contributed by atoms with Crippen molar-refractivity contribution < 1.29 is 4.74 Å². The lowest BCUT2D eigenvalue weighted by Crippen LogP contribution is -2.31. The highest BCUT2D eigenvalue weighted by atomic mass is 16.5. The molecule has 1 saturated carbocycles. The van der Waals surface area contributed by atoms with Gasteiger partial charge in [0.25, 0.3) is 0 Å². The van der Waals surface area contributed by atoms with Crippen molar-refractivity contribution in [1.82, 2.24) is 0 Å². The van der Waals surface area contributed by atoms with Gasteiger partial charge in [0.05, 0.1) is 6.10 Å². The van der Waals surface area contributed by atoms with E-state index in [9.17, 15) is 0 Å². The monoisotopic (exact) mass is 219 g/mol. The summed E-state index contributed by atoms with van der Waals surface area (Å²) in [6, 6.07) is 10.8. The van der Waals surface area contributed by atoms with Crippen molar-refractivity contribution in [3.8, 4) is 0 Å². The van der Waals surface area contributed by atoms with Crippen molar-refractivity contribution >= 4 is 0 Å². The summed E-state index contributed by atoms with van der Waals surface area (Å²) < 4.78 is 5.81. The third-order valence-corrected chi connectivity index (χ3v) is 3.29. The smallest absolute Gasteiger partial charge is 0.0725 e. The summed E-state index contributed by atoms with van der Waals surface area (Å²) in [6.45, 7) is 0.841. The maximum absolute atomic E-state index is 5.95. The number of ether oxygens (including phenoxy) is 1. The molecule has 0 amide bonds. The van der Waals surface area contributed by atoms with E-state index in [4.69, 9.17) is 10.5 Å². The Hall–Kier alpha value is -0.860. The Morgan fingerprint density at radius 1 is 1.19 bits per heavy atom. The fourth-order valence-electron chi connectivity index (χ4n) is 2.32. The normalized spacial score (nSPS) is 24.8. The van der Waals surface area contributed by atoms with Crippen LogP contribution < -0.4 is 5.73 Å². The largest absolute Gasteiger partial charge is 0.377 e. The van der Waals surface area contributed by atoms with Crippen LogP contribution in [0.25, 0.3) is 0 Å². The van der Waals surface area contributed by atoms with Crippen LogP contribution in [0.4, 0.5) is 0 Å². The third kappa shape index (κ3) is 3.32. The summed E-state index contributed by atoms with van der Waals surface area (Å²) in [4.78, 5) is 0. The van der Waals surface area contributed by atoms with Crippen molar-refractivity contribution in [3.63, 3.8) is 0 Å². The first-order valence-corrected chi connectivity index (χ1v) is 6.27. The van der Waals surface area contributed by atoms with Gasteiger partial charge in [0.1, 0.15) is 0 Å². The molecule has 1 aliphatic rings. The maximum atomic E-state index is 5.95. The Morgan fingerprint density at radius 3 is 2.69 bits per heavy atom. The van der Waals surface area contributed by atoms with E-state index in [1.54, 1.807) is 0 Å². The molecule has 1 fully saturated rings. The van der Waals surface area contributed by atoms with Gasteiger partial charge < -0.3 is 10.5 Å². The Labute approximate surface area is 97.8 Å². The van der Waals surface area contributed by atoms with E-state index < -0.39 is 0 Å². The van der Waals surface area contributed by atoms with E-state index in [0.29, 0.717) is 6.10 Å². The lowest BCUT2D eigenvalue weighted by atomic mass is 10.1. The van der Waals surface area contributed by atoms with Crippen molar-refractivity contribution in [1.29, 1.82) is 0 Å². The van der Waals surface area contributed by atoms with Gasteiger partial charge in [-0.1, -0.05) is 30.3 Å². The zero-order valence-corrected chi connectivity index (χ0v) is 9.77. The lowest BCUT2D eigenvalue weighted by molar-refractivity contribution is 0.0467. The second-order valence-corrected chi connectivity index (χ2v) is 4.59. The molecule has 2 atom stereocenters. The number of benzene rings is 1. The fraction of sp³-hybridized carbons (Fsp3) is 0.571. The van der Waals surface area contributed by atoms with Crippen LogP contribution in [0, 0.1) is 0 Å². The minimum absolute atomic E-state index is 0.275. The predicted octanol–water partition coefficient (Wildman–Crippen LogP) is 2.52. The number of rotatable bonds is 5. The van der Waals surface area contributed by atoms with Crippen LogP contribution in [0.15, 0.2) is 30.3 Å². The van der Waals surface area contributed by atoms with E-state index in [0.717, 1.165) is 32.3 Å². The molecule has 0 spiro atoms. The van der Waals surface area contributed by atoms with E-state index in [-0.39, 0.29) is 6.04 Å². The first-order chi connectivity index (χ1) is 7.86. The lowest BCUT2D eigenvalue weighted by Gasteiger charge is -2.16. The van der Waals surface area contributed by atoms with Gasteiger partial charge in [-0.25, -0.2) is 0 Å². The third-order valence-electron chi connectivity index (χ3n) is 3.29. The van der Waals surface area contributed by atoms with E-state index in [1.165, 1.54) is 12.0 Å². The average molecular weight is 219 g/mol. The minimum Gasteiger partial charge on any atom is -0.377 e. The van der Waals surface area contributed by atoms with Gasteiger partial charge in [-0.05, 0) is 37.7 Å². The maximum Gasteiger partial charge on any atom is 0.0725 e. The number of aryl methyl sites for hydroxylation is 1. The molecule has 0 heterocycles. The Kier molecular flexibility index (Phi) is 4.37. The molecule has 1 aromatic rings. The molecule has 2 heteroatoms. The highest BCUT2D eigenvalue weighted by Crippen LogP contribution is 2.20. The SMILES string of the molecule is N[C@@H]1CCC[C@H]1OCCCc1ccccc1. The van der Waals surface area contributed by atoms with Gasteiger partial charge >= 0.3 is 0 Å². The molecule has 2 rings (SSSR count). The Bertz CT molecular complexity index is 299. The topological polar surface area (TPSA) is 35.2 Å². The van der Waals surface area contributed by atoms with Crippen LogP contribution in [0.5, 0.6) is 0 Å². The van der Waals surface area contributed by atoms with E-state index >= 15 is 0 Å². The fourth-order valence-corrected chi connectivity index (χ4v) is 2.32. The van der Waals surface area contributed by atoms with Gasteiger partial charge in [-0.2, -0.15) is 0 Å². The molecule has 1 aromatic carbocycles. The van der Waals surface area contributed by atoms with Crippen LogP contribution in [0.3, 0.4) is 0 Å². The highest BCUT2D eigenvalue weighted by Gasteiger charge is 2.23. The van der Waals surface area contributed by atoms with Crippen LogP contribution in [-0.2, 0) is 11.2 Å². The summed E-state index contributed by atoms with van der Waals surface area (Å²) >= 11 is 0. The molecule has 16 heavy (non-hydrogen) atoms. The second-order valence-electron chi connectivity index (χ2n) is 4.59. The molecule has 0 bridgehead atoms. The highest BCUT2D eigenvalue weighted by molar-refractivity contribution is 5.14. The van der Waals surface area contributed by atoms with Crippen LogP contribution in [0.2, 0.25) is 0 Å². The molecule has 1 aliphatic carbocycles. The average Bonchev–Trinajstić information content (AvgIpc) is 2.72. The molecule has 0 unspecified atom stereocenters. The zero-order valence-electron chi connectivity index (χ0n) is 9.77. The molecule has 88 valence electrons.